The molecule has 0 saturated carbocycles. The molecular weight excluding hydrogens is 228 g/mol. The van der Waals surface area contributed by atoms with Crippen LogP contribution in [0.15, 0.2) is 23.8 Å². The number of ketones is 1. The van der Waals surface area contributed by atoms with Gasteiger partial charge in [-0.2, -0.15) is 0 Å². The number of rotatable bonds is 4. The fraction of sp³-hybridized carbons (Fsp3) is 0.600. The highest BCUT2D eigenvalue weighted by molar-refractivity contribution is 5.92. The number of carbonyl (C=O) groups is 2. The fourth-order valence-electron chi connectivity index (χ4n) is 2.03. The molecule has 3 heteroatoms. The van der Waals surface area contributed by atoms with Gasteiger partial charge < -0.3 is 4.74 Å². The second kappa shape index (κ2) is 5.09. The molecule has 0 amide bonds. The lowest BCUT2D eigenvalue weighted by molar-refractivity contribution is -0.149. The van der Waals surface area contributed by atoms with E-state index < -0.39 is 11.4 Å². The highest BCUT2D eigenvalue weighted by atomic mass is 16.5. The molecule has 1 aliphatic carbocycles. The Hall–Kier alpha value is -1.38. The van der Waals surface area contributed by atoms with E-state index in [4.69, 9.17) is 4.74 Å². The zero-order valence-electron chi connectivity index (χ0n) is 11.9. The molecule has 0 aromatic carbocycles. The maximum Gasteiger partial charge on any atom is 0.333 e. The molecule has 100 valence electrons. The summed E-state index contributed by atoms with van der Waals surface area (Å²) in [5, 5.41) is 0. The monoisotopic (exact) mass is 250 g/mol. The van der Waals surface area contributed by atoms with Crippen molar-refractivity contribution in [1.29, 1.82) is 0 Å². The largest absolute Gasteiger partial charge is 0.454 e. The van der Waals surface area contributed by atoms with Gasteiger partial charge in [-0.1, -0.05) is 39.0 Å². The summed E-state index contributed by atoms with van der Waals surface area (Å²) in [4.78, 5) is 23.8. The number of ether oxygens (including phenoxy) is 1. The molecule has 1 aliphatic rings. The zero-order chi connectivity index (χ0) is 14.0. The van der Waals surface area contributed by atoms with Crippen LogP contribution in [0.25, 0.3) is 0 Å². The molecule has 0 aliphatic heterocycles. The molecular formula is C15H22O3. The van der Waals surface area contributed by atoms with Crippen molar-refractivity contribution in [2.75, 3.05) is 6.61 Å². The topological polar surface area (TPSA) is 43.4 Å². The van der Waals surface area contributed by atoms with Crippen molar-refractivity contribution in [3.8, 4) is 0 Å². The highest BCUT2D eigenvalue weighted by Crippen LogP contribution is 2.48. The maximum absolute atomic E-state index is 12.3. The van der Waals surface area contributed by atoms with Gasteiger partial charge in [0.05, 0.1) is 0 Å². The van der Waals surface area contributed by atoms with E-state index in [-0.39, 0.29) is 17.8 Å². The minimum absolute atomic E-state index is 0.0187. The molecule has 0 N–H and O–H groups in total. The van der Waals surface area contributed by atoms with E-state index in [9.17, 15) is 9.59 Å². The van der Waals surface area contributed by atoms with E-state index in [0.29, 0.717) is 12.0 Å². The van der Waals surface area contributed by atoms with Crippen molar-refractivity contribution < 1.29 is 14.3 Å². The lowest BCUT2D eigenvalue weighted by Gasteiger charge is -2.36. The second-order valence-electron chi connectivity index (χ2n) is 5.63. The Bertz CT molecular complexity index is 415. The van der Waals surface area contributed by atoms with E-state index in [2.05, 4.69) is 6.08 Å². The van der Waals surface area contributed by atoms with Gasteiger partial charge in [0.25, 0.3) is 0 Å². The Balaban J connectivity index is 2.65. The number of esters is 1. The van der Waals surface area contributed by atoms with Gasteiger partial charge in [0, 0.05) is 11.0 Å². The summed E-state index contributed by atoms with van der Waals surface area (Å²) in [7, 11) is 0. The van der Waals surface area contributed by atoms with Crippen LogP contribution in [0.5, 0.6) is 0 Å². The first-order chi connectivity index (χ1) is 8.24. The first-order valence-corrected chi connectivity index (χ1v) is 6.25. The number of hydrogen-bond donors (Lipinski definition) is 0. The van der Waals surface area contributed by atoms with Crippen molar-refractivity contribution in [3.05, 3.63) is 23.8 Å². The average Bonchev–Trinajstić information content (AvgIpc) is 2.60. The molecule has 0 unspecified atom stereocenters. The van der Waals surface area contributed by atoms with Crippen molar-refractivity contribution in [3.63, 3.8) is 0 Å². The van der Waals surface area contributed by atoms with Crippen LogP contribution in [0.2, 0.25) is 0 Å². The van der Waals surface area contributed by atoms with Crippen molar-refractivity contribution in [2.45, 2.75) is 41.0 Å². The molecule has 3 nitrogen and oxygen atoms in total. The van der Waals surface area contributed by atoms with Crippen molar-refractivity contribution >= 4 is 11.8 Å². The zero-order valence-corrected chi connectivity index (χ0v) is 11.9. The summed E-state index contributed by atoms with van der Waals surface area (Å²) < 4.78 is 5.04. The lowest BCUT2D eigenvalue weighted by atomic mass is 9.66. The molecule has 1 rings (SSSR count). The Labute approximate surface area is 109 Å². The van der Waals surface area contributed by atoms with E-state index in [1.807, 2.05) is 26.8 Å². The van der Waals surface area contributed by atoms with Gasteiger partial charge in [-0.3, -0.25) is 4.79 Å². The first-order valence-electron chi connectivity index (χ1n) is 6.25. The molecule has 18 heavy (non-hydrogen) atoms. The third-order valence-corrected chi connectivity index (χ3v) is 4.19. The Morgan fingerprint density at radius 3 is 2.39 bits per heavy atom. The van der Waals surface area contributed by atoms with Crippen LogP contribution in [-0.4, -0.2) is 18.4 Å². The normalized spacial score (nSPS) is 26.2. The van der Waals surface area contributed by atoms with E-state index in [0.717, 1.165) is 0 Å². The molecule has 0 radical (unpaired) electrons. The number of carbonyl (C=O) groups excluding carboxylic acids is 2. The average molecular weight is 250 g/mol. The van der Waals surface area contributed by atoms with E-state index in [1.54, 1.807) is 19.9 Å². The Morgan fingerprint density at radius 1 is 1.33 bits per heavy atom. The minimum Gasteiger partial charge on any atom is -0.454 e. The van der Waals surface area contributed by atoms with Crippen LogP contribution < -0.4 is 0 Å². The number of allylic oxidation sites excluding steroid dienone is 3. The molecule has 0 spiro atoms. The van der Waals surface area contributed by atoms with E-state index >= 15 is 0 Å². The van der Waals surface area contributed by atoms with Gasteiger partial charge in [0.2, 0.25) is 0 Å². The van der Waals surface area contributed by atoms with Gasteiger partial charge in [-0.05, 0) is 25.7 Å². The van der Waals surface area contributed by atoms with Crippen LogP contribution >= 0.6 is 0 Å². The molecule has 0 aromatic rings. The van der Waals surface area contributed by atoms with Crippen LogP contribution in [-0.2, 0) is 14.3 Å². The standard InChI is InChI=1S/C15H22O3/c1-6-11(2)13(17)18-10-12(16)15(5)9-7-8-14(15,3)4/h6-8H,9-10H2,1-5H3/b11-6-/t15-/m1/s1. The van der Waals surface area contributed by atoms with Crippen LogP contribution in [0.3, 0.4) is 0 Å². The molecule has 0 bridgehead atoms. The molecule has 0 saturated heterocycles. The van der Waals surface area contributed by atoms with Gasteiger partial charge in [0.1, 0.15) is 0 Å². The predicted octanol–water partition coefficient (Wildman–Crippen LogP) is 3.06. The van der Waals surface area contributed by atoms with E-state index in [1.165, 1.54) is 0 Å². The quantitative estimate of drug-likeness (QED) is 0.437. The van der Waals surface area contributed by atoms with Crippen molar-refractivity contribution in [1.82, 2.24) is 0 Å². The summed E-state index contributed by atoms with van der Waals surface area (Å²) in [5.41, 5.74) is -0.139. The van der Waals surface area contributed by atoms with Gasteiger partial charge in [0.15, 0.2) is 12.4 Å². The number of hydrogen-bond acceptors (Lipinski definition) is 3. The Morgan fingerprint density at radius 2 is 1.94 bits per heavy atom. The molecule has 0 heterocycles. The SMILES string of the molecule is C/C=C(/C)C(=O)OCC(=O)[C@@]1(C)CC=CC1(C)C. The predicted molar refractivity (Wildman–Crippen MR) is 71.0 cm³/mol. The fourth-order valence-corrected chi connectivity index (χ4v) is 2.03. The van der Waals surface area contributed by atoms with Gasteiger partial charge in [-0.15, -0.1) is 0 Å². The van der Waals surface area contributed by atoms with Crippen LogP contribution in [0, 0.1) is 10.8 Å². The molecule has 0 aromatic heterocycles. The Kier molecular flexibility index (Phi) is 4.15. The summed E-state index contributed by atoms with van der Waals surface area (Å²) in [5.74, 6) is -0.437. The number of Topliss-reactive ketones (excluding diaryl/α,β-unsaturated/α-hetero) is 1. The van der Waals surface area contributed by atoms with Crippen LogP contribution in [0.1, 0.15) is 41.0 Å². The van der Waals surface area contributed by atoms with Crippen molar-refractivity contribution in [2.24, 2.45) is 10.8 Å². The highest BCUT2D eigenvalue weighted by Gasteiger charge is 2.47. The minimum atomic E-state index is -0.475. The third-order valence-electron chi connectivity index (χ3n) is 4.19. The first kappa shape index (κ1) is 14.7. The summed E-state index contributed by atoms with van der Waals surface area (Å²) in [6.07, 6.45) is 6.47. The second-order valence-corrected chi connectivity index (χ2v) is 5.63. The van der Waals surface area contributed by atoms with Gasteiger partial charge in [-0.25, -0.2) is 4.79 Å². The summed E-state index contributed by atoms with van der Waals surface area (Å²) in [6, 6.07) is 0. The van der Waals surface area contributed by atoms with Gasteiger partial charge >= 0.3 is 5.97 Å². The maximum atomic E-state index is 12.3. The lowest BCUT2D eigenvalue weighted by Crippen LogP contribution is -2.40. The summed E-state index contributed by atoms with van der Waals surface area (Å²) >= 11 is 0. The summed E-state index contributed by atoms with van der Waals surface area (Å²) in [6.45, 7) is 9.30. The van der Waals surface area contributed by atoms with Crippen LogP contribution in [0.4, 0.5) is 0 Å². The molecule has 0 fully saturated rings. The smallest absolute Gasteiger partial charge is 0.333 e. The third kappa shape index (κ3) is 2.55. The molecule has 1 atom stereocenters.